The highest BCUT2D eigenvalue weighted by Crippen LogP contribution is 2.35. The number of thiophene rings is 2. The average molecular weight is 369 g/mol. The Morgan fingerprint density at radius 2 is 1.92 bits per heavy atom. The topological polar surface area (TPSA) is 68.0 Å². The molecular weight excluding hydrogens is 357 g/mol. The number of nitrogens with two attached hydrogens (primary N) is 1. The first kappa shape index (κ1) is 15.7. The monoisotopic (exact) mass is 369 g/mol. The van der Waals surface area contributed by atoms with E-state index < -0.39 is 0 Å². The van der Waals surface area contributed by atoms with Crippen LogP contribution in [0, 0.1) is 5.82 Å². The second-order valence-electron chi connectivity index (χ2n) is 5.33. The molecule has 0 saturated carbocycles. The number of halogens is 1. The lowest BCUT2D eigenvalue weighted by molar-refractivity contribution is 0.103. The summed E-state index contributed by atoms with van der Waals surface area (Å²) in [4.78, 5) is 19.3. The molecule has 1 amide bonds. The minimum absolute atomic E-state index is 0.329. The van der Waals surface area contributed by atoms with Crippen LogP contribution in [0.3, 0.4) is 0 Å². The number of hydrogen-bond acceptors (Lipinski definition) is 5. The first-order valence-electron chi connectivity index (χ1n) is 7.41. The molecule has 4 rings (SSSR count). The van der Waals surface area contributed by atoms with Gasteiger partial charge in [0.2, 0.25) is 0 Å². The quantitative estimate of drug-likeness (QED) is 0.534. The summed E-state index contributed by atoms with van der Waals surface area (Å²) in [6.45, 7) is 0. The van der Waals surface area contributed by atoms with Crippen LogP contribution in [0.15, 0.2) is 53.9 Å². The first-order valence-corrected chi connectivity index (χ1v) is 9.11. The molecule has 0 radical (unpaired) electrons. The molecule has 0 aliphatic heterocycles. The molecule has 3 heterocycles. The number of anilines is 2. The van der Waals surface area contributed by atoms with Crippen molar-refractivity contribution in [1.29, 1.82) is 0 Å². The van der Waals surface area contributed by atoms with E-state index in [9.17, 15) is 9.18 Å². The van der Waals surface area contributed by atoms with Crippen molar-refractivity contribution in [3.8, 4) is 10.6 Å². The Kier molecular flexibility index (Phi) is 3.95. The van der Waals surface area contributed by atoms with Crippen LogP contribution >= 0.6 is 22.7 Å². The zero-order chi connectivity index (χ0) is 17.4. The number of nitrogens with zero attached hydrogens (tertiary/aromatic N) is 1. The minimum atomic E-state index is -0.357. The molecule has 3 aromatic heterocycles. The summed E-state index contributed by atoms with van der Waals surface area (Å²) in [7, 11) is 0. The molecule has 4 nitrogen and oxygen atoms in total. The standard InChI is InChI=1S/C18H12FN3OS2/c19-10-3-5-11(6-4-10)21-17(23)16-15(20)12-7-8-13(22-18(12)25-16)14-2-1-9-24-14/h1-9H,20H2,(H,21,23). The Morgan fingerprint density at radius 3 is 2.64 bits per heavy atom. The fourth-order valence-corrected chi connectivity index (χ4v) is 4.13. The maximum absolute atomic E-state index is 13.0. The van der Waals surface area contributed by atoms with Crippen LogP contribution in [0.5, 0.6) is 0 Å². The number of benzene rings is 1. The molecule has 25 heavy (non-hydrogen) atoms. The zero-order valence-corrected chi connectivity index (χ0v) is 14.5. The van der Waals surface area contributed by atoms with Gasteiger partial charge in [-0.1, -0.05) is 6.07 Å². The molecule has 0 aliphatic carbocycles. The summed E-state index contributed by atoms with van der Waals surface area (Å²) in [6.07, 6.45) is 0. The third-order valence-corrected chi connectivity index (χ3v) is 5.68. The van der Waals surface area contributed by atoms with Gasteiger partial charge in [0.15, 0.2) is 0 Å². The number of nitrogen functional groups attached to an aromatic ring is 1. The molecule has 0 saturated heterocycles. The fraction of sp³-hybridized carbons (Fsp3) is 0. The number of rotatable bonds is 3. The van der Waals surface area contributed by atoms with Gasteiger partial charge in [-0.25, -0.2) is 9.37 Å². The van der Waals surface area contributed by atoms with E-state index in [0.29, 0.717) is 21.1 Å². The van der Waals surface area contributed by atoms with Crippen molar-refractivity contribution < 1.29 is 9.18 Å². The molecule has 0 spiro atoms. The van der Waals surface area contributed by atoms with E-state index in [1.807, 2.05) is 29.6 Å². The molecule has 0 fully saturated rings. The third-order valence-electron chi connectivity index (χ3n) is 3.68. The van der Waals surface area contributed by atoms with Crippen LogP contribution in [0.4, 0.5) is 15.8 Å². The highest BCUT2D eigenvalue weighted by molar-refractivity contribution is 7.21. The number of hydrogen-bond donors (Lipinski definition) is 2. The van der Waals surface area contributed by atoms with Gasteiger partial charge in [-0.2, -0.15) is 0 Å². The molecule has 1 aromatic carbocycles. The molecule has 3 N–H and O–H groups in total. The average Bonchev–Trinajstić information content (AvgIpc) is 3.25. The van der Waals surface area contributed by atoms with E-state index in [1.54, 1.807) is 11.3 Å². The van der Waals surface area contributed by atoms with Crippen molar-refractivity contribution in [2.24, 2.45) is 0 Å². The number of carbonyl (C=O) groups is 1. The lowest BCUT2D eigenvalue weighted by Gasteiger charge is -2.04. The van der Waals surface area contributed by atoms with Gasteiger partial charge in [0.1, 0.15) is 15.5 Å². The summed E-state index contributed by atoms with van der Waals surface area (Å²) in [5.74, 6) is -0.686. The predicted octanol–water partition coefficient (Wildman–Crippen LogP) is 5.00. The largest absolute Gasteiger partial charge is 0.397 e. The maximum atomic E-state index is 13.0. The van der Waals surface area contributed by atoms with E-state index >= 15 is 0 Å². The highest BCUT2D eigenvalue weighted by Gasteiger charge is 2.18. The summed E-state index contributed by atoms with van der Waals surface area (Å²) in [6, 6.07) is 13.3. The summed E-state index contributed by atoms with van der Waals surface area (Å²) in [5.41, 5.74) is 7.91. The van der Waals surface area contributed by atoms with Gasteiger partial charge in [0, 0.05) is 11.1 Å². The van der Waals surface area contributed by atoms with E-state index in [4.69, 9.17) is 5.73 Å². The Balaban J connectivity index is 1.68. The first-order chi connectivity index (χ1) is 12.1. The molecule has 0 atom stereocenters. The van der Waals surface area contributed by atoms with Crippen LogP contribution in [-0.4, -0.2) is 10.9 Å². The molecule has 124 valence electrons. The van der Waals surface area contributed by atoms with Crippen LogP contribution in [0.25, 0.3) is 20.8 Å². The van der Waals surface area contributed by atoms with Gasteiger partial charge in [0.05, 0.1) is 16.3 Å². The number of pyridine rings is 1. The normalized spacial score (nSPS) is 10.9. The van der Waals surface area contributed by atoms with Gasteiger partial charge in [0.25, 0.3) is 5.91 Å². The predicted molar refractivity (Wildman–Crippen MR) is 102 cm³/mol. The Labute approximate surface area is 150 Å². The van der Waals surface area contributed by atoms with Crippen molar-refractivity contribution >= 4 is 50.2 Å². The van der Waals surface area contributed by atoms with Crippen molar-refractivity contribution in [1.82, 2.24) is 4.98 Å². The SMILES string of the molecule is Nc1c(C(=O)Nc2ccc(F)cc2)sc2nc(-c3cccs3)ccc12. The van der Waals surface area contributed by atoms with E-state index in [-0.39, 0.29) is 11.7 Å². The van der Waals surface area contributed by atoms with E-state index in [1.165, 1.54) is 35.6 Å². The molecular formula is C18H12FN3OS2. The number of nitrogens with one attached hydrogen (secondary N) is 1. The van der Waals surface area contributed by atoms with Gasteiger partial charge in [-0.3, -0.25) is 4.79 Å². The van der Waals surface area contributed by atoms with Gasteiger partial charge >= 0.3 is 0 Å². The smallest absolute Gasteiger partial charge is 0.267 e. The number of aromatic nitrogens is 1. The van der Waals surface area contributed by atoms with E-state index in [2.05, 4.69) is 10.3 Å². The number of fused-ring (bicyclic) bond motifs is 1. The van der Waals surface area contributed by atoms with Crippen molar-refractivity contribution in [3.63, 3.8) is 0 Å². The van der Waals surface area contributed by atoms with Gasteiger partial charge in [-0.05, 0) is 47.8 Å². The lowest BCUT2D eigenvalue weighted by Crippen LogP contribution is -2.11. The van der Waals surface area contributed by atoms with E-state index in [0.717, 1.165) is 16.0 Å². The molecule has 0 aliphatic rings. The minimum Gasteiger partial charge on any atom is -0.397 e. The molecule has 7 heteroatoms. The molecule has 0 bridgehead atoms. The molecule has 4 aromatic rings. The third kappa shape index (κ3) is 2.99. The Bertz CT molecular complexity index is 1060. The zero-order valence-electron chi connectivity index (χ0n) is 12.8. The summed E-state index contributed by atoms with van der Waals surface area (Å²) >= 11 is 2.85. The number of carbonyl (C=O) groups excluding carboxylic acids is 1. The Morgan fingerprint density at radius 1 is 1.12 bits per heavy atom. The van der Waals surface area contributed by atoms with Crippen LogP contribution in [0.2, 0.25) is 0 Å². The lowest BCUT2D eigenvalue weighted by atomic mass is 10.2. The van der Waals surface area contributed by atoms with Gasteiger partial charge < -0.3 is 11.1 Å². The Hall–Kier alpha value is -2.77. The van der Waals surface area contributed by atoms with Crippen molar-refractivity contribution in [2.45, 2.75) is 0 Å². The summed E-state index contributed by atoms with van der Waals surface area (Å²) in [5, 5.41) is 5.48. The van der Waals surface area contributed by atoms with Crippen molar-refractivity contribution in [2.75, 3.05) is 11.1 Å². The van der Waals surface area contributed by atoms with Gasteiger partial charge in [-0.15, -0.1) is 22.7 Å². The fourth-order valence-electron chi connectivity index (χ4n) is 2.45. The number of amides is 1. The van der Waals surface area contributed by atoms with Crippen LogP contribution < -0.4 is 11.1 Å². The summed E-state index contributed by atoms with van der Waals surface area (Å²) < 4.78 is 13.0. The second kappa shape index (κ2) is 6.27. The van der Waals surface area contributed by atoms with Crippen molar-refractivity contribution in [3.05, 3.63) is 64.6 Å². The van der Waals surface area contributed by atoms with Crippen LogP contribution in [-0.2, 0) is 0 Å². The molecule has 0 unspecified atom stereocenters. The second-order valence-corrected chi connectivity index (χ2v) is 7.28. The maximum Gasteiger partial charge on any atom is 0.267 e. The highest BCUT2D eigenvalue weighted by atomic mass is 32.1. The van der Waals surface area contributed by atoms with Crippen LogP contribution in [0.1, 0.15) is 9.67 Å².